The molecule has 13 heteroatoms. The van der Waals surface area contributed by atoms with Crippen molar-refractivity contribution in [3.8, 4) is 11.5 Å². The Kier molecular flexibility index (Phi) is 6.98. The van der Waals surface area contributed by atoms with Gasteiger partial charge >= 0.3 is 17.3 Å². The second-order valence-corrected chi connectivity index (χ2v) is 10.1. The first-order valence-corrected chi connectivity index (χ1v) is 12.7. The molecule has 206 valence electrons. The van der Waals surface area contributed by atoms with Gasteiger partial charge in [0.15, 0.2) is 11.5 Å². The van der Waals surface area contributed by atoms with Crippen LogP contribution < -0.4 is 20.3 Å². The number of carbonyl (C=O) groups is 3. The molecule has 1 aromatic carbocycles. The maximum atomic E-state index is 13.1. The molecule has 2 fully saturated rings. The zero-order chi connectivity index (χ0) is 27.8. The third kappa shape index (κ3) is 4.91. The number of hydrogen-bond donors (Lipinski definition) is 1. The molecule has 39 heavy (non-hydrogen) atoms. The number of piperidine rings is 1. The lowest BCUT2D eigenvalue weighted by Crippen LogP contribution is -2.49. The first kappa shape index (κ1) is 26.2. The SMILES string of the molecule is COc1ccc(CN2C(=O)N[C@@H](CCC(=O)N3CC4CC(C3)c3ccc([N+](=O)[O-])c(=O)n3C4)C2=O)cc1OC. The molecule has 0 saturated carbocycles. The fraction of sp³-hybridized carbons (Fsp3) is 0.462. The number of aromatic nitrogens is 1. The van der Waals surface area contributed by atoms with Crippen LogP contribution >= 0.6 is 0 Å². The molecule has 1 aromatic heterocycles. The van der Waals surface area contributed by atoms with Crippen LogP contribution in [0.25, 0.3) is 0 Å². The molecule has 1 N–H and O–H groups in total. The number of ether oxygens (including phenoxy) is 2. The number of benzene rings is 1. The maximum absolute atomic E-state index is 13.1. The molecular formula is C26H29N5O8. The molecule has 13 nitrogen and oxygen atoms in total. The summed E-state index contributed by atoms with van der Waals surface area (Å²) in [6.07, 6.45) is 1.04. The van der Waals surface area contributed by atoms with Crippen molar-refractivity contribution < 1.29 is 28.8 Å². The van der Waals surface area contributed by atoms with E-state index in [4.69, 9.17) is 9.47 Å². The molecule has 2 aromatic rings. The number of likely N-dealkylation sites (tertiary alicyclic amines) is 1. The Morgan fingerprint density at radius 1 is 1.08 bits per heavy atom. The van der Waals surface area contributed by atoms with Crippen LogP contribution in [0.5, 0.6) is 11.5 Å². The van der Waals surface area contributed by atoms with Gasteiger partial charge in [-0.05, 0) is 42.5 Å². The van der Waals surface area contributed by atoms with Gasteiger partial charge in [-0.1, -0.05) is 6.07 Å². The molecule has 3 aliphatic heterocycles. The standard InChI is InChI=1S/C26H29N5O8/c1-38-21-7-3-15(10-22(21)39-2)12-30-24(33)18(27-26(30)35)4-8-23(32)28-11-16-9-17(14-28)19-5-6-20(31(36)37)25(34)29(19)13-16/h3,5-7,10,16-18H,4,8-9,11-14H2,1-2H3,(H,27,35)/t16?,17?,18-/m0/s1. The highest BCUT2D eigenvalue weighted by Gasteiger charge is 2.40. The predicted octanol–water partition coefficient (Wildman–Crippen LogP) is 1.62. The van der Waals surface area contributed by atoms with E-state index >= 15 is 0 Å². The van der Waals surface area contributed by atoms with E-state index in [-0.39, 0.29) is 37.1 Å². The van der Waals surface area contributed by atoms with E-state index in [9.17, 15) is 29.3 Å². The Balaban J connectivity index is 1.20. The van der Waals surface area contributed by atoms with Crippen molar-refractivity contribution in [2.24, 2.45) is 5.92 Å². The van der Waals surface area contributed by atoms with Crippen LogP contribution in [-0.4, -0.2) is 70.5 Å². The number of fused-ring (bicyclic) bond motifs is 4. The van der Waals surface area contributed by atoms with E-state index < -0.39 is 34.2 Å². The highest BCUT2D eigenvalue weighted by atomic mass is 16.6. The molecule has 2 bridgehead atoms. The van der Waals surface area contributed by atoms with Gasteiger partial charge in [0.2, 0.25) is 5.91 Å². The lowest BCUT2D eigenvalue weighted by Gasteiger charge is -2.42. The minimum absolute atomic E-state index is 0.00435. The van der Waals surface area contributed by atoms with Gasteiger partial charge in [0.05, 0.1) is 25.7 Å². The van der Waals surface area contributed by atoms with Gasteiger partial charge < -0.3 is 24.3 Å². The highest BCUT2D eigenvalue weighted by molar-refractivity contribution is 6.04. The number of imide groups is 1. The van der Waals surface area contributed by atoms with Crippen molar-refractivity contribution in [1.29, 1.82) is 0 Å². The monoisotopic (exact) mass is 539 g/mol. The van der Waals surface area contributed by atoms with E-state index in [2.05, 4.69) is 5.32 Å². The van der Waals surface area contributed by atoms with E-state index in [0.717, 1.165) is 11.3 Å². The lowest BCUT2D eigenvalue weighted by atomic mass is 9.83. The normalized spacial score (nSPS) is 21.8. The van der Waals surface area contributed by atoms with Crippen molar-refractivity contribution >= 4 is 23.5 Å². The van der Waals surface area contributed by atoms with Gasteiger partial charge in [0.1, 0.15) is 6.04 Å². The van der Waals surface area contributed by atoms with Gasteiger partial charge in [0, 0.05) is 43.7 Å². The summed E-state index contributed by atoms with van der Waals surface area (Å²) >= 11 is 0. The lowest BCUT2D eigenvalue weighted by molar-refractivity contribution is -0.386. The summed E-state index contributed by atoms with van der Waals surface area (Å²) < 4.78 is 12.0. The number of amides is 4. The van der Waals surface area contributed by atoms with Crippen molar-refractivity contribution in [1.82, 2.24) is 19.7 Å². The van der Waals surface area contributed by atoms with E-state index in [1.165, 1.54) is 24.9 Å². The number of nitro groups is 1. The zero-order valence-electron chi connectivity index (χ0n) is 21.6. The van der Waals surface area contributed by atoms with Crippen molar-refractivity contribution in [3.63, 3.8) is 0 Å². The number of nitrogens with zero attached hydrogens (tertiary/aromatic N) is 4. The number of nitrogens with one attached hydrogen (secondary N) is 1. The van der Waals surface area contributed by atoms with Crippen LogP contribution in [0.1, 0.15) is 36.4 Å². The summed E-state index contributed by atoms with van der Waals surface area (Å²) in [7, 11) is 3.02. The Morgan fingerprint density at radius 2 is 1.85 bits per heavy atom. The summed E-state index contributed by atoms with van der Waals surface area (Å²) in [5, 5.41) is 13.8. The number of rotatable bonds is 8. The van der Waals surface area contributed by atoms with Gasteiger partial charge in [-0.3, -0.25) is 29.4 Å². The van der Waals surface area contributed by atoms with E-state index in [1.54, 1.807) is 29.2 Å². The molecule has 0 radical (unpaired) electrons. The molecule has 3 aliphatic rings. The molecule has 2 unspecified atom stereocenters. The first-order valence-electron chi connectivity index (χ1n) is 12.7. The molecule has 2 saturated heterocycles. The third-order valence-corrected chi connectivity index (χ3v) is 7.68. The van der Waals surface area contributed by atoms with Crippen LogP contribution in [0.2, 0.25) is 0 Å². The second kappa shape index (κ2) is 10.4. The summed E-state index contributed by atoms with van der Waals surface area (Å²) in [6.45, 7) is 1.20. The second-order valence-electron chi connectivity index (χ2n) is 10.1. The van der Waals surface area contributed by atoms with Crippen molar-refractivity contribution in [2.75, 3.05) is 27.3 Å². The van der Waals surface area contributed by atoms with Gasteiger partial charge in [-0.2, -0.15) is 0 Å². The van der Waals surface area contributed by atoms with Crippen molar-refractivity contribution in [2.45, 2.75) is 44.3 Å². The summed E-state index contributed by atoms with van der Waals surface area (Å²) in [5.74, 6) is 0.398. The highest BCUT2D eigenvalue weighted by Crippen LogP contribution is 2.36. The Bertz CT molecular complexity index is 1410. The van der Waals surface area contributed by atoms with E-state index in [1.807, 2.05) is 0 Å². The molecule has 4 heterocycles. The quantitative estimate of drug-likeness (QED) is 0.302. The number of urea groups is 1. The fourth-order valence-electron chi connectivity index (χ4n) is 5.79. The molecule has 0 spiro atoms. The number of methoxy groups -OCH3 is 2. The maximum Gasteiger partial charge on any atom is 0.334 e. The molecule has 4 amide bonds. The van der Waals surface area contributed by atoms with Crippen LogP contribution in [-0.2, 0) is 22.7 Å². The predicted molar refractivity (Wildman–Crippen MR) is 136 cm³/mol. The molecule has 3 atom stereocenters. The average Bonchev–Trinajstić information content (AvgIpc) is 3.19. The van der Waals surface area contributed by atoms with Crippen LogP contribution in [0.3, 0.4) is 0 Å². The Labute approximate surface area is 223 Å². The summed E-state index contributed by atoms with van der Waals surface area (Å²) in [5.41, 5.74) is 0.330. The smallest absolute Gasteiger partial charge is 0.334 e. The van der Waals surface area contributed by atoms with E-state index in [0.29, 0.717) is 42.4 Å². The summed E-state index contributed by atoms with van der Waals surface area (Å²) in [6, 6.07) is 6.67. The van der Waals surface area contributed by atoms with Crippen LogP contribution in [0.4, 0.5) is 10.5 Å². The molecular weight excluding hydrogens is 510 g/mol. The van der Waals surface area contributed by atoms with Crippen molar-refractivity contribution in [3.05, 3.63) is 62.1 Å². The van der Waals surface area contributed by atoms with Gasteiger partial charge in [-0.15, -0.1) is 0 Å². The topological polar surface area (TPSA) is 153 Å². The number of hydrogen-bond acceptors (Lipinski definition) is 8. The van der Waals surface area contributed by atoms with Gasteiger partial charge in [-0.25, -0.2) is 4.79 Å². The van der Waals surface area contributed by atoms with Crippen LogP contribution in [0.15, 0.2) is 35.1 Å². The fourth-order valence-corrected chi connectivity index (χ4v) is 5.79. The average molecular weight is 540 g/mol. The minimum Gasteiger partial charge on any atom is -0.493 e. The minimum atomic E-state index is -0.800. The number of pyridine rings is 1. The van der Waals surface area contributed by atoms with Gasteiger partial charge in [0.25, 0.3) is 5.91 Å². The Hall–Kier alpha value is -4.42. The largest absolute Gasteiger partial charge is 0.493 e. The Morgan fingerprint density at radius 3 is 2.56 bits per heavy atom. The first-order chi connectivity index (χ1) is 18.7. The molecule has 5 rings (SSSR count). The number of carbonyl (C=O) groups excluding carboxylic acids is 3. The molecule has 0 aliphatic carbocycles. The van der Waals surface area contributed by atoms with Crippen LogP contribution in [0, 0.1) is 16.0 Å². The summed E-state index contributed by atoms with van der Waals surface area (Å²) in [4.78, 5) is 64.5. The third-order valence-electron chi connectivity index (χ3n) is 7.68. The zero-order valence-corrected chi connectivity index (χ0v) is 21.6.